The zero-order valence-electron chi connectivity index (χ0n) is 12.6. The molecule has 3 rings (SSSR count). The Hall–Kier alpha value is -0.950. The van der Waals surface area contributed by atoms with Gasteiger partial charge in [0.15, 0.2) is 5.13 Å². The lowest BCUT2D eigenvalue weighted by molar-refractivity contribution is -0.115. The first-order valence-electron chi connectivity index (χ1n) is 7.16. The minimum atomic E-state index is -0.0155. The van der Waals surface area contributed by atoms with Crippen molar-refractivity contribution in [2.24, 2.45) is 5.92 Å². The molecule has 1 amide bonds. The number of carbonyl (C=O) groups excluding carboxylic acids is 1. The highest BCUT2D eigenvalue weighted by Gasteiger charge is 2.20. The normalized spacial score (nSPS) is 13.7. The van der Waals surface area contributed by atoms with Crippen molar-refractivity contribution < 1.29 is 4.79 Å². The number of anilines is 1. The van der Waals surface area contributed by atoms with Gasteiger partial charge in [0.2, 0.25) is 5.91 Å². The third kappa shape index (κ3) is 4.52. The van der Waals surface area contributed by atoms with Gasteiger partial charge in [-0.3, -0.25) is 4.79 Å². The first-order valence-corrected chi connectivity index (χ1v) is 8.80. The summed E-state index contributed by atoms with van der Waals surface area (Å²) in [4.78, 5) is 20.0. The van der Waals surface area contributed by atoms with Gasteiger partial charge in [0.25, 0.3) is 0 Å². The first-order chi connectivity index (χ1) is 10.1. The Balaban J connectivity index is 0.00000176. The van der Waals surface area contributed by atoms with E-state index in [4.69, 9.17) is 0 Å². The maximum Gasteiger partial charge on any atom is 0.240 e. The molecule has 1 aliphatic carbocycles. The topological polar surface area (TPSA) is 54.0 Å². The highest BCUT2D eigenvalue weighted by molar-refractivity contribution is 7.18. The molecule has 0 unspecified atom stereocenters. The van der Waals surface area contributed by atoms with Gasteiger partial charge in [-0.15, -0.1) is 35.1 Å². The minimum absolute atomic E-state index is 0. The summed E-state index contributed by atoms with van der Waals surface area (Å²) in [6, 6.07) is 4.18. The second-order valence-electron chi connectivity index (χ2n) is 5.46. The molecule has 2 aromatic heterocycles. The zero-order valence-corrected chi connectivity index (χ0v) is 15.1. The zero-order chi connectivity index (χ0) is 14.8. The van der Waals surface area contributed by atoms with E-state index >= 15 is 0 Å². The van der Waals surface area contributed by atoms with Crippen molar-refractivity contribution in [3.63, 3.8) is 0 Å². The minimum Gasteiger partial charge on any atom is -0.308 e. The van der Waals surface area contributed by atoms with Gasteiger partial charge in [0, 0.05) is 9.75 Å². The molecule has 7 heteroatoms. The van der Waals surface area contributed by atoms with E-state index < -0.39 is 0 Å². The fourth-order valence-corrected chi connectivity index (χ4v) is 3.94. The van der Waals surface area contributed by atoms with E-state index in [-0.39, 0.29) is 18.3 Å². The quantitative estimate of drug-likeness (QED) is 0.825. The molecule has 0 atom stereocenters. The predicted octanol–water partition coefficient (Wildman–Crippen LogP) is 3.85. The molecule has 4 nitrogen and oxygen atoms in total. The number of amides is 1. The Morgan fingerprint density at radius 1 is 1.32 bits per heavy atom. The number of thiophene rings is 1. The van der Waals surface area contributed by atoms with Gasteiger partial charge < -0.3 is 10.6 Å². The average molecular weight is 358 g/mol. The third-order valence-electron chi connectivity index (χ3n) is 3.43. The molecule has 0 spiro atoms. The van der Waals surface area contributed by atoms with Crippen LogP contribution in [0.5, 0.6) is 0 Å². The van der Waals surface area contributed by atoms with Gasteiger partial charge in [-0.2, -0.15) is 0 Å². The monoisotopic (exact) mass is 357 g/mol. The summed E-state index contributed by atoms with van der Waals surface area (Å²) in [5.74, 6) is 0.770. The van der Waals surface area contributed by atoms with Crippen molar-refractivity contribution in [2.45, 2.75) is 26.7 Å². The van der Waals surface area contributed by atoms with Crippen molar-refractivity contribution in [1.29, 1.82) is 0 Å². The number of nitrogens with one attached hydrogen (secondary N) is 2. The molecule has 1 aliphatic rings. The highest BCUT2D eigenvalue weighted by atomic mass is 35.5. The molecule has 2 N–H and O–H groups in total. The van der Waals surface area contributed by atoms with Crippen LogP contribution in [0.3, 0.4) is 0 Å². The van der Waals surface area contributed by atoms with E-state index in [1.54, 1.807) is 11.3 Å². The standard InChI is InChI=1S/C15H19N3OS2.ClH/c1-9-3-6-12(20-9)14-10(2)21-15(18-14)17-13(19)8-16-7-11-4-5-11;/h3,6,11,16H,4-5,7-8H2,1-2H3,(H,17,18,19);1H. The number of hydrogen-bond acceptors (Lipinski definition) is 5. The fraction of sp³-hybridized carbons (Fsp3) is 0.467. The first kappa shape index (κ1) is 17.4. The van der Waals surface area contributed by atoms with Gasteiger partial charge in [-0.05, 0) is 51.3 Å². The van der Waals surface area contributed by atoms with Crippen LogP contribution in [0.4, 0.5) is 5.13 Å². The van der Waals surface area contributed by atoms with E-state index in [1.165, 1.54) is 29.1 Å². The number of thiazole rings is 1. The SMILES string of the molecule is Cc1ccc(-c2nc(NC(=O)CNCC3CC3)sc2C)s1.Cl. The Morgan fingerprint density at radius 3 is 2.73 bits per heavy atom. The van der Waals surface area contributed by atoms with Crippen LogP contribution in [-0.2, 0) is 4.79 Å². The van der Waals surface area contributed by atoms with E-state index in [0.29, 0.717) is 11.7 Å². The van der Waals surface area contributed by atoms with Crippen LogP contribution in [0.1, 0.15) is 22.6 Å². The van der Waals surface area contributed by atoms with E-state index in [2.05, 4.69) is 34.7 Å². The summed E-state index contributed by atoms with van der Waals surface area (Å²) in [7, 11) is 0. The number of hydrogen-bond donors (Lipinski definition) is 2. The van der Waals surface area contributed by atoms with Crippen LogP contribution >= 0.6 is 35.1 Å². The second kappa shape index (κ2) is 7.55. The molecule has 0 aromatic carbocycles. The van der Waals surface area contributed by atoms with Crippen LogP contribution < -0.4 is 10.6 Å². The third-order valence-corrected chi connectivity index (χ3v) is 5.33. The van der Waals surface area contributed by atoms with Crippen LogP contribution in [-0.4, -0.2) is 24.0 Å². The molecule has 2 aromatic rings. The highest BCUT2D eigenvalue weighted by Crippen LogP contribution is 2.34. The largest absolute Gasteiger partial charge is 0.308 e. The number of halogens is 1. The van der Waals surface area contributed by atoms with E-state index in [0.717, 1.165) is 27.9 Å². The molecular weight excluding hydrogens is 338 g/mol. The summed E-state index contributed by atoms with van der Waals surface area (Å²) in [5.41, 5.74) is 0.985. The summed E-state index contributed by atoms with van der Waals surface area (Å²) < 4.78 is 0. The molecule has 0 saturated heterocycles. The molecule has 0 radical (unpaired) electrons. The van der Waals surface area contributed by atoms with Crippen LogP contribution in [0, 0.1) is 19.8 Å². The van der Waals surface area contributed by atoms with Crippen LogP contribution in [0.2, 0.25) is 0 Å². The van der Waals surface area contributed by atoms with Crippen molar-refractivity contribution in [3.05, 3.63) is 21.9 Å². The van der Waals surface area contributed by atoms with Crippen molar-refractivity contribution >= 4 is 46.1 Å². The lowest BCUT2D eigenvalue weighted by Crippen LogP contribution is -2.29. The summed E-state index contributed by atoms with van der Waals surface area (Å²) in [6.07, 6.45) is 2.59. The van der Waals surface area contributed by atoms with Crippen molar-refractivity contribution in [1.82, 2.24) is 10.3 Å². The molecule has 0 bridgehead atoms. The number of nitrogens with zero attached hydrogens (tertiary/aromatic N) is 1. The lowest BCUT2D eigenvalue weighted by Gasteiger charge is -2.03. The number of rotatable bonds is 6. The Kier molecular flexibility index (Phi) is 5.97. The van der Waals surface area contributed by atoms with Gasteiger partial charge in [-0.25, -0.2) is 4.98 Å². The maximum absolute atomic E-state index is 11.9. The molecule has 0 aliphatic heterocycles. The Bertz CT molecular complexity index is 649. The van der Waals surface area contributed by atoms with Gasteiger partial charge in [0.05, 0.1) is 17.1 Å². The molecule has 2 heterocycles. The van der Waals surface area contributed by atoms with Crippen molar-refractivity contribution in [3.8, 4) is 10.6 Å². The lowest BCUT2D eigenvalue weighted by atomic mass is 10.3. The van der Waals surface area contributed by atoms with E-state index in [1.807, 2.05) is 6.92 Å². The second-order valence-corrected chi connectivity index (χ2v) is 7.95. The Labute approximate surface area is 144 Å². The molecule has 120 valence electrons. The molecule has 1 fully saturated rings. The molecule has 22 heavy (non-hydrogen) atoms. The Morgan fingerprint density at radius 2 is 2.09 bits per heavy atom. The molecule has 1 saturated carbocycles. The number of carbonyl (C=O) groups is 1. The van der Waals surface area contributed by atoms with Crippen molar-refractivity contribution in [2.75, 3.05) is 18.4 Å². The van der Waals surface area contributed by atoms with Crippen LogP contribution in [0.25, 0.3) is 10.6 Å². The fourth-order valence-electron chi connectivity index (χ4n) is 2.12. The van der Waals surface area contributed by atoms with Crippen LogP contribution in [0.15, 0.2) is 12.1 Å². The smallest absolute Gasteiger partial charge is 0.240 e. The predicted molar refractivity (Wildman–Crippen MR) is 96.4 cm³/mol. The maximum atomic E-state index is 11.9. The number of aromatic nitrogens is 1. The van der Waals surface area contributed by atoms with Gasteiger partial charge in [0.1, 0.15) is 0 Å². The van der Waals surface area contributed by atoms with Gasteiger partial charge in [-0.1, -0.05) is 0 Å². The summed E-state index contributed by atoms with van der Waals surface area (Å²) >= 11 is 3.27. The summed E-state index contributed by atoms with van der Waals surface area (Å²) in [5, 5.41) is 6.76. The number of aryl methyl sites for hydroxylation is 2. The average Bonchev–Trinajstić information content (AvgIpc) is 3.04. The molecular formula is C15H20ClN3OS2. The summed E-state index contributed by atoms with van der Waals surface area (Å²) in [6.45, 7) is 5.44. The van der Waals surface area contributed by atoms with E-state index in [9.17, 15) is 4.79 Å². The van der Waals surface area contributed by atoms with Gasteiger partial charge >= 0.3 is 0 Å².